The summed E-state index contributed by atoms with van der Waals surface area (Å²) >= 11 is 0. The van der Waals surface area contributed by atoms with Crippen LogP contribution in [0.4, 0.5) is 0 Å². The van der Waals surface area contributed by atoms with E-state index in [0.29, 0.717) is 23.0 Å². The topological polar surface area (TPSA) is 76.0 Å². The fourth-order valence-electron chi connectivity index (χ4n) is 2.90. The zero-order valence-corrected chi connectivity index (χ0v) is 13.5. The molecule has 6 heteroatoms. The average molecular weight is 314 g/mol. The van der Waals surface area contributed by atoms with Crippen LogP contribution in [-0.2, 0) is 6.54 Å². The monoisotopic (exact) mass is 314 g/mol. The summed E-state index contributed by atoms with van der Waals surface area (Å²) in [6, 6.07) is 7.29. The number of amides is 1. The van der Waals surface area contributed by atoms with Crippen LogP contribution in [0, 0.1) is 5.92 Å². The van der Waals surface area contributed by atoms with Crippen LogP contribution in [0.5, 0.6) is 0 Å². The lowest BCUT2D eigenvalue weighted by Gasteiger charge is -2.15. The van der Waals surface area contributed by atoms with E-state index in [2.05, 4.69) is 15.7 Å². The van der Waals surface area contributed by atoms with Crippen LogP contribution < -0.4 is 16.2 Å². The van der Waals surface area contributed by atoms with Crippen LogP contribution in [0.3, 0.4) is 0 Å². The summed E-state index contributed by atoms with van der Waals surface area (Å²) in [5.74, 6) is 0.0590. The van der Waals surface area contributed by atoms with Crippen molar-refractivity contribution in [2.24, 2.45) is 5.92 Å². The van der Waals surface area contributed by atoms with Gasteiger partial charge < -0.3 is 10.6 Å². The van der Waals surface area contributed by atoms with Gasteiger partial charge >= 0.3 is 0 Å². The molecule has 1 amide bonds. The van der Waals surface area contributed by atoms with Crippen LogP contribution in [0.2, 0.25) is 0 Å². The largest absolute Gasteiger partial charge is 0.347 e. The van der Waals surface area contributed by atoms with E-state index < -0.39 is 0 Å². The van der Waals surface area contributed by atoms with Gasteiger partial charge in [0.2, 0.25) is 0 Å². The predicted octanol–water partition coefficient (Wildman–Crippen LogP) is 1.14. The van der Waals surface area contributed by atoms with E-state index in [-0.39, 0.29) is 23.4 Å². The molecule has 1 fully saturated rings. The molecule has 2 N–H and O–H groups in total. The third-order valence-electron chi connectivity index (χ3n) is 4.02. The highest BCUT2D eigenvalue weighted by molar-refractivity contribution is 6.04. The standard InChI is InChI=1S/C17H22N4O2/c1-11(2)10-21-17(23)14-6-4-3-5-13(14)15(20-21)16(22)19-12-7-8-18-9-12/h3-6,11-12,18H,7-10H2,1-2H3,(H,19,22). The lowest BCUT2D eigenvalue weighted by Crippen LogP contribution is -2.38. The van der Waals surface area contributed by atoms with Gasteiger partial charge in [0.1, 0.15) is 0 Å². The molecule has 23 heavy (non-hydrogen) atoms. The zero-order chi connectivity index (χ0) is 16.4. The number of carbonyl (C=O) groups excluding carboxylic acids is 1. The first-order valence-electron chi connectivity index (χ1n) is 8.07. The highest BCUT2D eigenvalue weighted by atomic mass is 16.2. The molecule has 1 atom stereocenters. The van der Waals surface area contributed by atoms with Gasteiger partial charge in [0.05, 0.1) is 5.39 Å². The fourth-order valence-corrected chi connectivity index (χ4v) is 2.90. The van der Waals surface area contributed by atoms with Crippen molar-refractivity contribution in [3.63, 3.8) is 0 Å². The molecule has 0 bridgehead atoms. The summed E-state index contributed by atoms with van der Waals surface area (Å²) < 4.78 is 1.41. The van der Waals surface area contributed by atoms with E-state index in [1.165, 1.54) is 4.68 Å². The fraction of sp³-hybridized carbons (Fsp3) is 0.471. The first-order valence-corrected chi connectivity index (χ1v) is 8.07. The van der Waals surface area contributed by atoms with E-state index in [4.69, 9.17) is 0 Å². The maximum absolute atomic E-state index is 12.6. The molecule has 3 rings (SSSR count). The number of fused-ring (bicyclic) bond motifs is 1. The molecule has 1 aliphatic rings. The zero-order valence-electron chi connectivity index (χ0n) is 13.5. The smallest absolute Gasteiger partial charge is 0.274 e. The number of benzene rings is 1. The Labute approximate surface area is 134 Å². The molecule has 1 saturated heterocycles. The van der Waals surface area contributed by atoms with Crippen molar-refractivity contribution in [3.05, 3.63) is 40.3 Å². The number of nitrogens with zero attached hydrogens (tertiary/aromatic N) is 2. The van der Waals surface area contributed by atoms with Gasteiger partial charge in [0, 0.05) is 24.5 Å². The third-order valence-corrected chi connectivity index (χ3v) is 4.02. The minimum atomic E-state index is -0.215. The van der Waals surface area contributed by atoms with Gasteiger partial charge in [0.25, 0.3) is 11.5 Å². The number of aromatic nitrogens is 2. The van der Waals surface area contributed by atoms with Crippen LogP contribution >= 0.6 is 0 Å². The molecule has 6 nitrogen and oxygen atoms in total. The minimum Gasteiger partial charge on any atom is -0.347 e. The van der Waals surface area contributed by atoms with Crippen molar-refractivity contribution in [1.29, 1.82) is 0 Å². The quantitative estimate of drug-likeness (QED) is 0.887. The van der Waals surface area contributed by atoms with E-state index in [0.717, 1.165) is 19.5 Å². The summed E-state index contributed by atoms with van der Waals surface area (Å²) in [6.45, 7) is 6.22. The van der Waals surface area contributed by atoms with Crippen LogP contribution in [-0.4, -0.2) is 34.8 Å². The molecular weight excluding hydrogens is 292 g/mol. The Morgan fingerprint density at radius 2 is 2.13 bits per heavy atom. The van der Waals surface area contributed by atoms with E-state index >= 15 is 0 Å². The summed E-state index contributed by atoms with van der Waals surface area (Å²) in [7, 11) is 0. The summed E-state index contributed by atoms with van der Waals surface area (Å²) in [4.78, 5) is 25.2. The Balaban J connectivity index is 2.05. The van der Waals surface area contributed by atoms with E-state index in [9.17, 15) is 9.59 Å². The number of nitrogens with one attached hydrogen (secondary N) is 2. The first kappa shape index (κ1) is 15.7. The molecule has 0 spiro atoms. The van der Waals surface area contributed by atoms with Gasteiger partial charge in [-0.15, -0.1) is 0 Å². The van der Waals surface area contributed by atoms with Gasteiger partial charge in [-0.2, -0.15) is 5.10 Å². The molecular formula is C17H22N4O2. The number of hydrogen-bond acceptors (Lipinski definition) is 4. The Morgan fingerprint density at radius 1 is 1.39 bits per heavy atom. The van der Waals surface area contributed by atoms with Crippen molar-refractivity contribution in [2.75, 3.05) is 13.1 Å². The number of hydrogen-bond donors (Lipinski definition) is 2. The van der Waals surface area contributed by atoms with Crippen molar-refractivity contribution in [3.8, 4) is 0 Å². The summed E-state index contributed by atoms with van der Waals surface area (Å²) in [5, 5.41) is 11.7. The predicted molar refractivity (Wildman–Crippen MR) is 89.6 cm³/mol. The van der Waals surface area contributed by atoms with Gasteiger partial charge in [-0.25, -0.2) is 4.68 Å². The SMILES string of the molecule is CC(C)Cn1nc(C(=O)NC2CCNC2)c2ccccc2c1=O. The number of rotatable bonds is 4. The lowest BCUT2D eigenvalue weighted by molar-refractivity contribution is 0.0934. The highest BCUT2D eigenvalue weighted by Crippen LogP contribution is 2.14. The molecule has 0 saturated carbocycles. The van der Waals surface area contributed by atoms with Gasteiger partial charge in [-0.05, 0) is 24.9 Å². The molecule has 0 radical (unpaired) electrons. The molecule has 0 aliphatic carbocycles. The van der Waals surface area contributed by atoms with Crippen molar-refractivity contribution < 1.29 is 4.79 Å². The maximum atomic E-state index is 12.6. The van der Waals surface area contributed by atoms with Crippen molar-refractivity contribution >= 4 is 16.7 Å². The molecule has 1 aliphatic heterocycles. The lowest BCUT2D eigenvalue weighted by atomic mass is 10.1. The van der Waals surface area contributed by atoms with Crippen LogP contribution in [0.1, 0.15) is 30.8 Å². The Kier molecular flexibility index (Phi) is 4.43. The Hall–Kier alpha value is -2.21. The Bertz CT molecular complexity index is 776. The maximum Gasteiger partial charge on any atom is 0.274 e. The summed E-state index contributed by atoms with van der Waals surface area (Å²) in [5.41, 5.74) is 0.182. The number of carbonyl (C=O) groups is 1. The molecule has 1 aromatic carbocycles. The second-order valence-electron chi connectivity index (χ2n) is 6.44. The van der Waals surface area contributed by atoms with Gasteiger partial charge in [0.15, 0.2) is 5.69 Å². The average Bonchev–Trinajstić information content (AvgIpc) is 3.02. The first-order chi connectivity index (χ1) is 11.1. The van der Waals surface area contributed by atoms with E-state index in [1.807, 2.05) is 26.0 Å². The normalized spacial score (nSPS) is 17.8. The van der Waals surface area contributed by atoms with Gasteiger partial charge in [-0.3, -0.25) is 9.59 Å². The van der Waals surface area contributed by atoms with Crippen molar-refractivity contribution in [2.45, 2.75) is 32.9 Å². The molecule has 2 heterocycles. The Morgan fingerprint density at radius 3 is 2.78 bits per heavy atom. The second kappa shape index (κ2) is 6.50. The van der Waals surface area contributed by atoms with Crippen LogP contribution in [0.25, 0.3) is 10.8 Å². The van der Waals surface area contributed by atoms with E-state index in [1.54, 1.807) is 12.1 Å². The van der Waals surface area contributed by atoms with Crippen LogP contribution in [0.15, 0.2) is 29.1 Å². The molecule has 1 unspecified atom stereocenters. The highest BCUT2D eigenvalue weighted by Gasteiger charge is 2.21. The molecule has 2 aromatic rings. The van der Waals surface area contributed by atoms with Crippen molar-refractivity contribution in [1.82, 2.24) is 20.4 Å². The third kappa shape index (κ3) is 3.27. The molecule has 122 valence electrons. The summed E-state index contributed by atoms with van der Waals surface area (Å²) in [6.07, 6.45) is 0.912. The van der Waals surface area contributed by atoms with Gasteiger partial charge in [-0.1, -0.05) is 32.0 Å². The second-order valence-corrected chi connectivity index (χ2v) is 6.44. The minimum absolute atomic E-state index is 0.119. The molecule has 1 aromatic heterocycles.